The molecular formula is C17H17F4NO6. The third-order valence-corrected chi connectivity index (χ3v) is 3.37. The molecule has 0 fully saturated rings. The molecule has 1 atom stereocenters. The van der Waals surface area contributed by atoms with Crippen LogP contribution in [0.4, 0.5) is 17.6 Å². The Labute approximate surface area is 156 Å². The van der Waals surface area contributed by atoms with Gasteiger partial charge in [0.25, 0.3) is 0 Å². The number of hydrogen-bond acceptors (Lipinski definition) is 5. The summed E-state index contributed by atoms with van der Waals surface area (Å²) in [6.07, 6.45) is -5.08. The number of carboxylic acids is 2. The van der Waals surface area contributed by atoms with Crippen molar-refractivity contribution in [3.63, 3.8) is 0 Å². The lowest BCUT2D eigenvalue weighted by atomic mass is 10.1. The SMILES string of the molecule is COc1ccc(C(C)NCc2ccc(C(=O)O)o2)cc1F.O=C(O)C(F)(F)F. The van der Waals surface area contributed by atoms with Gasteiger partial charge in [0.15, 0.2) is 11.6 Å². The first-order valence-corrected chi connectivity index (χ1v) is 7.64. The zero-order valence-electron chi connectivity index (χ0n) is 14.7. The van der Waals surface area contributed by atoms with Crippen molar-refractivity contribution in [3.8, 4) is 5.75 Å². The maximum Gasteiger partial charge on any atom is 0.490 e. The van der Waals surface area contributed by atoms with Crippen LogP contribution in [-0.2, 0) is 11.3 Å². The molecular weight excluding hydrogens is 390 g/mol. The van der Waals surface area contributed by atoms with E-state index in [1.54, 1.807) is 18.2 Å². The molecule has 0 aliphatic rings. The standard InChI is InChI=1S/C15H16FNO4.C2HF3O2/c1-9(10-3-5-13(20-2)12(16)7-10)17-8-11-4-6-14(21-11)15(18)19;3-2(4,5)1(6)7/h3-7,9,17H,8H2,1-2H3,(H,18,19);(H,6,7). The number of benzene rings is 1. The summed E-state index contributed by atoms with van der Waals surface area (Å²) in [6.45, 7) is 2.23. The van der Waals surface area contributed by atoms with Crippen LogP contribution in [0.1, 0.15) is 34.8 Å². The molecule has 11 heteroatoms. The zero-order valence-corrected chi connectivity index (χ0v) is 14.7. The molecule has 1 unspecified atom stereocenters. The third kappa shape index (κ3) is 6.91. The minimum Gasteiger partial charge on any atom is -0.494 e. The molecule has 154 valence electrons. The summed E-state index contributed by atoms with van der Waals surface area (Å²) in [5.74, 6) is -3.68. The maximum absolute atomic E-state index is 13.6. The number of hydrogen-bond donors (Lipinski definition) is 3. The van der Waals surface area contributed by atoms with Gasteiger partial charge in [0, 0.05) is 6.04 Å². The first kappa shape index (κ1) is 23.0. The first-order chi connectivity index (χ1) is 13.0. The molecule has 0 saturated heterocycles. The Morgan fingerprint density at radius 3 is 2.25 bits per heavy atom. The molecule has 2 rings (SSSR count). The fourth-order valence-corrected chi connectivity index (χ4v) is 1.91. The van der Waals surface area contributed by atoms with E-state index in [1.807, 2.05) is 6.92 Å². The fourth-order valence-electron chi connectivity index (χ4n) is 1.91. The van der Waals surface area contributed by atoms with Crippen LogP contribution in [0.5, 0.6) is 5.75 Å². The van der Waals surface area contributed by atoms with E-state index in [0.717, 1.165) is 5.56 Å². The molecule has 1 heterocycles. The van der Waals surface area contributed by atoms with Crippen molar-refractivity contribution < 1.29 is 46.5 Å². The number of furan rings is 1. The second-order valence-electron chi connectivity index (χ2n) is 5.37. The highest BCUT2D eigenvalue weighted by Crippen LogP contribution is 2.22. The Morgan fingerprint density at radius 2 is 1.82 bits per heavy atom. The smallest absolute Gasteiger partial charge is 0.490 e. The van der Waals surface area contributed by atoms with E-state index in [1.165, 1.54) is 19.2 Å². The number of nitrogens with one attached hydrogen (secondary N) is 1. The Balaban J connectivity index is 0.000000480. The summed E-state index contributed by atoms with van der Waals surface area (Å²) in [7, 11) is 1.41. The van der Waals surface area contributed by atoms with Crippen LogP contribution < -0.4 is 10.1 Å². The summed E-state index contributed by atoms with van der Waals surface area (Å²) >= 11 is 0. The summed E-state index contributed by atoms with van der Waals surface area (Å²) in [5.41, 5.74) is 0.762. The predicted octanol–water partition coefficient (Wildman–Crippen LogP) is 3.61. The molecule has 1 aromatic heterocycles. The van der Waals surface area contributed by atoms with Crippen molar-refractivity contribution in [2.24, 2.45) is 0 Å². The molecule has 0 radical (unpaired) electrons. The van der Waals surface area contributed by atoms with Gasteiger partial charge < -0.3 is 24.7 Å². The summed E-state index contributed by atoms with van der Waals surface area (Å²) in [5, 5.41) is 19.0. The van der Waals surface area contributed by atoms with Crippen LogP contribution in [0.2, 0.25) is 0 Å². The van der Waals surface area contributed by atoms with Gasteiger partial charge in [-0.2, -0.15) is 13.2 Å². The molecule has 0 spiro atoms. The van der Waals surface area contributed by atoms with Crippen LogP contribution in [0.3, 0.4) is 0 Å². The average molecular weight is 407 g/mol. The summed E-state index contributed by atoms with van der Waals surface area (Å²) in [6, 6.07) is 7.61. The van der Waals surface area contributed by atoms with E-state index >= 15 is 0 Å². The highest BCUT2D eigenvalue weighted by molar-refractivity contribution is 5.84. The van der Waals surface area contributed by atoms with E-state index in [0.29, 0.717) is 12.3 Å². The number of aliphatic carboxylic acids is 1. The average Bonchev–Trinajstić information content (AvgIpc) is 3.08. The van der Waals surface area contributed by atoms with Crippen molar-refractivity contribution in [1.82, 2.24) is 5.32 Å². The van der Waals surface area contributed by atoms with Gasteiger partial charge in [-0.1, -0.05) is 6.07 Å². The second kappa shape index (κ2) is 9.74. The van der Waals surface area contributed by atoms with E-state index < -0.39 is 23.9 Å². The molecule has 0 aliphatic carbocycles. The van der Waals surface area contributed by atoms with Crippen molar-refractivity contribution >= 4 is 11.9 Å². The van der Waals surface area contributed by atoms with E-state index in [2.05, 4.69) is 5.32 Å². The highest BCUT2D eigenvalue weighted by atomic mass is 19.4. The molecule has 28 heavy (non-hydrogen) atoms. The molecule has 2 aromatic rings. The lowest BCUT2D eigenvalue weighted by molar-refractivity contribution is -0.192. The first-order valence-electron chi connectivity index (χ1n) is 7.64. The Kier molecular flexibility index (Phi) is 7.99. The van der Waals surface area contributed by atoms with Gasteiger partial charge in [-0.3, -0.25) is 0 Å². The highest BCUT2D eigenvalue weighted by Gasteiger charge is 2.38. The van der Waals surface area contributed by atoms with Crippen molar-refractivity contribution in [2.45, 2.75) is 25.7 Å². The zero-order chi connectivity index (χ0) is 21.5. The number of alkyl halides is 3. The Morgan fingerprint density at radius 1 is 1.21 bits per heavy atom. The van der Waals surface area contributed by atoms with Gasteiger partial charge in [-0.25, -0.2) is 14.0 Å². The summed E-state index contributed by atoms with van der Waals surface area (Å²) in [4.78, 5) is 19.6. The number of rotatable bonds is 6. The van der Waals surface area contributed by atoms with Crippen LogP contribution in [0.15, 0.2) is 34.7 Å². The molecule has 0 aliphatic heterocycles. The van der Waals surface area contributed by atoms with Crippen molar-refractivity contribution in [3.05, 3.63) is 53.2 Å². The molecule has 1 aromatic carbocycles. The van der Waals surface area contributed by atoms with E-state index in [4.69, 9.17) is 24.2 Å². The van der Waals surface area contributed by atoms with Crippen LogP contribution in [0, 0.1) is 5.82 Å². The van der Waals surface area contributed by atoms with Gasteiger partial charge in [0.1, 0.15) is 5.76 Å². The molecule has 3 N–H and O–H groups in total. The molecule has 7 nitrogen and oxygen atoms in total. The topological polar surface area (TPSA) is 109 Å². The normalized spacial score (nSPS) is 11.9. The predicted molar refractivity (Wildman–Crippen MR) is 87.6 cm³/mol. The van der Waals surface area contributed by atoms with Gasteiger partial charge >= 0.3 is 18.1 Å². The Bertz CT molecular complexity index is 818. The number of halogens is 4. The fraction of sp³-hybridized carbons (Fsp3) is 0.294. The third-order valence-electron chi connectivity index (χ3n) is 3.37. The monoisotopic (exact) mass is 407 g/mol. The second-order valence-corrected chi connectivity index (χ2v) is 5.37. The summed E-state index contributed by atoms with van der Waals surface area (Å²) < 4.78 is 55.4. The molecule has 0 amide bonds. The Hall–Kier alpha value is -3.08. The van der Waals surface area contributed by atoms with Gasteiger partial charge in [-0.05, 0) is 36.8 Å². The van der Waals surface area contributed by atoms with Gasteiger partial charge in [0.2, 0.25) is 5.76 Å². The number of aromatic carboxylic acids is 1. The molecule has 0 saturated carbocycles. The van der Waals surface area contributed by atoms with Crippen LogP contribution in [-0.4, -0.2) is 35.4 Å². The van der Waals surface area contributed by atoms with E-state index in [-0.39, 0.29) is 17.6 Å². The van der Waals surface area contributed by atoms with Crippen LogP contribution >= 0.6 is 0 Å². The lowest BCUT2D eigenvalue weighted by Crippen LogP contribution is -2.21. The minimum atomic E-state index is -5.08. The van der Waals surface area contributed by atoms with Crippen molar-refractivity contribution in [1.29, 1.82) is 0 Å². The number of carboxylic acid groups (broad SMARTS) is 2. The molecule has 0 bridgehead atoms. The minimum absolute atomic E-state index is 0.102. The van der Waals surface area contributed by atoms with Gasteiger partial charge in [0.05, 0.1) is 13.7 Å². The van der Waals surface area contributed by atoms with Crippen LogP contribution in [0.25, 0.3) is 0 Å². The number of methoxy groups -OCH3 is 1. The maximum atomic E-state index is 13.6. The number of ether oxygens (including phenoxy) is 1. The quantitative estimate of drug-likeness (QED) is 0.628. The lowest BCUT2D eigenvalue weighted by Gasteiger charge is -2.14. The number of carbonyl (C=O) groups is 2. The largest absolute Gasteiger partial charge is 0.494 e. The van der Waals surface area contributed by atoms with Crippen molar-refractivity contribution in [2.75, 3.05) is 7.11 Å². The van der Waals surface area contributed by atoms with E-state index in [9.17, 15) is 22.4 Å². The van der Waals surface area contributed by atoms with Gasteiger partial charge in [-0.15, -0.1) is 0 Å².